The third kappa shape index (κ3) is 2.11. The Balaban J connectivity index is 3.18. The van der Waals surface area contributed by atoms with E-state index in [-0.39, 0.29) is 11.0 Å². The predicted molar refractivity (Wildman–Crippen MR) is 41.3 cm³/mol. The highest BCUT2D eigenvalue weighted by Gasteiger charge is 2.26. The van der Waals surface area contributed by atoms with Crippen molar-refractivity contribution in [2.24, 2.45) is 0 Å². The Morgan fingerprint density at radius 3 is 2.42 bits per heavy atom. The standard InChI is InChI=1S/C7H7ClF2N2/c1-4-3-5(7(2,9)10)12-6(8)11-4/h3H,1-2H3. The van der Waals surface area contributed by atoms with Crippen molar-refractivity contribution in [2.45, 2.75) is 19.8 Å². The van der Waals surface area contributed by atoms with Gasteiger partial charge in [0.15, 0.2) is 0 Å². The van der Waals surface area contributed by atoms with Crippen molar-refractivity contribution in [1.29, 1.82) is 0 Å². The van der Waals surface area contributed by atoms with Crippen LogP contribution in [0.3, 0.4) is 0 Å². The van der Waals surface area contributed by atoms with Crippen LogP contribution in [-0.4, -0.2) is 9.97 Å². The van der Waals surface area contributed by atoms with Gasteiger partial charge in [0.05, 0.1) is 0 Å². The van der Waals surface area contributed by atoms with E-state index in [4.69, 9.17) is 11.6 Å². The molecule has 0 radical (unpaired) electrons. The van der Waals surface area contributed by atoms with Crippen molar-refractivity contribution in [1.82, 2.24) is 9.97 Å². The molecule has 66 valence electrons. The molecule has 0 aliphatic heterocycles. The van der Waals surface area contributed by atoms with Crippen LogP contribution in [0.4, 0.5) is 8.78 Å². The topological polar surface area (TPSA) is 25.8 Å². The van der Waals surface area contributed by atoms with Crippen LogP contribution in [0.2, 0.25) is 5.28 Å². The zero-order valence-corrected chi connectivity index (χ0v) is 7.36. The maximum atomic E-state index is 12.7. The summed E-state index contributed by atoms with van der Waals surface area (Å²) in [4.78, 5) is 7.08. The van der Waals surface area contributed by atoms with Gasteiger partial charge in [-0.3, -0.25) is 0 Å². The average Bonchev–Trinajstić information content (AvgIpc) is 1.82. The van der Waals surface area contributed by atoms with E-state index in [0.29, 0.717) is 5.69 Å². The van der Waals surface area contributed by atoms with Gasteiger partial charge in [0, 0.05) is 12.6 Å². The van der Waals surface area contributed by atoms with Crippen molar-refractivity contribution in [2.75, 3.05) is 0 Å². The Morgan fingerprint density at radius 1 is 1.42 bits per heavy atom. The Morgan fingerprint density at radius 2 is 2.00 bits per heavy atom. The summed E-state index contributed by atoms with van der Waals surface area (Å²) in [6.07, 6.45) is 0. The zero-order chi connectivity index (χ0) is 9.35. The van der Waals surface area contributed by atoms with Gasteiger partial charge in [-0.15, -0.1) is 0 Å². The molecule has 1 rings (SSSR count). The molecule has 0 saturated heterocycles. The first-order valence-electron chi connectivity index (χ1n) is 3.29. The van der Waals surface area contributed by atoms with Gasteiger partial charge < -0.3 is 0 Å². The maximum Gasteiger partial charge on any atom is 0.287 e. The molecule has 0 N–H and O–H groups in total. The fourth-order valence-electron chi connectivity index (χ4n) is 0.757. The van der Waals surface area contributed by atoms with Crippen molar-refractivity contribution in [3.63, 3.8) is 0 Å². The molecule has 1 aromatic rings. The molecule has 0 unspecified atom stereocenters. The normalized spacial score (nSPS) is 11.8. The number of aryl methyl sites for hydroxylation is 1. The van der Waals surface area contributed by atoms with Crippen LogP contribution in [0, 0.1) is 6.92 Å². The van der Waals surface area contributed by atoms with Crippen LogP contribution in [0.15, 0.2) is 6.07 Å². The number of rotatable bonds is 1. The van der Waals surface area contributed by atoms with E-state index in [9.17, 15) is 8.78 Å². The summed E-state index contributed by atoms with van der Waals surface area (Å²) in [7, 11) is 0. The fourth-order valence-corrected chi connectivity index (χ4v) is 0.982. The molecule has 0 amide bonds. The van der Waals surface area contributed by atoms with E-state index in [2.05, 4.69) is 9.97 Å². The second-order valence-corrected chi connectivity index (χ2v) is 2.89. The Kier molecular flexibility index (Phi) is 2.28. The van der Waals surface area contributed by atoms with Gasteiger partial charge in [0.25, 0.3) is 5.92 Å². The molecule has 0 bridgehead atoms. The molecule has 5 heteroatoms. The second kappa shape index (κ2) is 2.94. The van der Waals surface area contributed by atoms with Crippen molar-refractivity contribution >= 4 is 11.6 Å². The summed E-state index contributed by atoms with van der Waals surface area (Å²) in [6, 6.07) is 1.21. The van der Waals surface area contributed by atoms with Crippen LogP contribution in [-0.2, 0) is 5.92 Å². The first-order valence-corrected chi connectivity index (χ1v) is 3.67. The third-order valence-electron chi connectivity index (χ3n) is 1.28. The smallest absolute Gasteiger partial charge is 0.223 e. The van der Waals surface area contributed by atoms with Gasteiger partial charge in [-0.25, -0.2) is 9.97 Å². The van der Waals surface area contributed by atoms with Crippen molar-refractivity contribution in [3.05, 3.63) is 22.7 Å². The average molecular weight is 193 g/mol. The van der Waals surface area contributed by atoms with Gasteiger partial charge in [-0.2, -0.15) is 8.78 Å². The number of hydrogen-bond donors (Lipinski definition) is 0. The Hall–Kier alpha value is -0.770. The van der Waals surface area contributed by atoms with Crippen LogP contribution in [0.5, 0.6) is 0 Å². The Bertz CT molecular complexity index is 276. The van der Waals surface area contributed by atoms with E-state index in [1.165, 1.54) is 6.07 Å². The minimum absolute atomic E-state index is 0.147. The SMILES string of the molecule is Cc1cc(C(C)(F)F)nc(Cl)n1. The lowest BCUT2D eigenvalue weighted by atomic mass is 10.2. The molecule has 0 aliphatic carbocycles. The molecule has 2 nitrogen and oxygen atoms in total. The van der Waals surface area contributed by atoms with Crippen LogP contribution < -0.4 is 0 Å². The third-order valence-corrected chi connectivity index (χ3v) is 1.45. The molecular formula is C7H7ClF2N2. The van der Waals surface area contributed by atoms with Gasteiger partial charge in [-0.1, -0.05) is 0 Å². The number of alkyl halides is 2. The van der Waals surface area contributed by atoms with E-state index in [0.717, 1.165) is 6.92 Å². The predicted octanol–water partition coefficient (Wildman–Crippen LogP) is 2.55. The lowest BCUT2D eigenvalue weighted by Gasteiger charge is -2.09. The fraction of sp³-hybridized carbons (Fsp3) is 0.429. The summed E-state index contributed by atoms with van der Waals surface area (Å²) in [5.41, 5.74) is 0.0894. The van der Waals surface area contributed by atoms with E-state index < -0.39 is 5.92 Å². The van der Waals surface area contributed by atoms with Crippen LogP contribution in [0.1, 0.15) is 18.3 Å². The highest BCUT2D eigenvalue weighted by atomic mass is 35.5. The van der Waals surface area contributed by atoms with Gasteiger partial charge in [0.2, 0.25) is 5.28 Å². The molecule has 12 heavy (non-hydrogen) atoms. The molecular weight excluding hydrogens is 186 g/mol. The second-order valence-electron chi connectivity index (χ2n) is 2.55. The molecule has 1 aromatic heterocycles. The van der Waals surface area contributed by atoms with Crippen molar-refractivity contribution < 1.29 is 8.78 Å². The molecule has 0 fully saturated rings. The van der Waals surface area contributed by atoms with Gasteiger partial charge in [0.1, 0.15) is 5.69 Å². The number of hydrogen-bond acceptors (Lipinski definition) is 2. The number of halogens is 3. The summed E-state index contributed by atoms with van der Waals surface area (Å²) in [5.74, 6) is -2.96. The zero-order valence-electron chi connectivity index (χ0n) is 6.61. The van der Waals surface area contributed by atoms with Crippen molar-refractivity contribution in [3.8, 4) is 0 Å². The summed E-state index contributed by atoms with van der Waals surface area (Å²) in [6.45, 7) is 2.36. The van der Waals surface area contributed by atoms with Gasteiger partial charge >= 0.3 is 0 Å². The van der Waals surface area contributed by atoms with Gasteiger partial charge in [-0.05, 0) is 24.6 Å². The largest absolute Gasteiger partial charge is 0.287 e. The van der Waals surface area contributed by atoms with E-state index >= 15 is 0 Å². The summed E-state index contributed by atoms with van der Waals surface area (Å²) < 4.78 is 25.3. The van der Waals surface area contributed by atoms with Crippen LogP contribution in [0.25, 0.3) is 0 Å². The lowest BCUT2D eigenvalue weighted by molar-refractivity contribution is 0.0125. The molecule has 0 aromatic carbocycles. The quantitative estimate of drug-likeness (QED) is 0.639. The number of aromatic nitrogens is 2. The van der Waals surface area contributed by atoms with Crippen LogP contribution >= 0.6 is 11.6 Å². The maximum absolute atomic E-state index is 12.7. The molecule has 1 heterocycles. The minimum atomic E-state index is -2.96. The summed E-state index contributed by atoms with van der Waals surface area (Å²) >= 11 is 5.40. The number of nitrogens with zero attached hydrogens (tertiary/aromatic N) is 2. The summed E-state index contributed by atoms with van der Waals surface area (Å²) in [5, 5.41) is -0.147. The molecule has 0 spiro atoms. The molecule has 0 saturated carbocycles. The first-order chi connectivity index (χ1) is 5.39. The first kappa shape index (κ1) is 9.32. The molecule has 0 atom stereocenters. The Labute approximate surface area is 73.6 Å². The lowest BCUT2D eigenvalue weighted by Crippen LogP contribution is -2.10. The highest BCUT2D eigenvalue weighted by molar-refractivity contribution is 6.28. The van der Waals surface area contributed by atoms with E-state index in [1.54, 1.807) is 6.92 Å². The minimum Gasteiger partial charge on any atom is -0.223 e. The highest BCUT2D eigenvalue weighted by Crippen LogP contribution is 2.25. The molecule has 0 aliphatic rings. The van der Waals surface area contributed by atoms with E-state index in [1.807, 2.05) is 0 Å². The monoisotopic (exact) mass is 192 g/mol.